The van der Waals surface area contributed by atoms with Crippen molar-refractivity contribution in [2.75, 3.05) is 0 Å². The van der Waals surface area contributed by atoms with E-state index in [1.807, 2.05) is 115 Å². The fraction of sp³-hybridized carbons (Fsp3) is 0. The van der Waals surface area contributed by atoms with Crippen molar-refractivity contribution < 1.29 is 8.63 Å². The molecule has 0 saturated heterocycles. The van der Waals surface area contributed by atoms with Gasteiger partial charge in [-0.15, -0.1) is 0 Å². The normalized spacial score (nSPS) is 13.8. The van der Waals surface area contributed by atoms with Crippen molar-refractivity contribution in [3.8, 4) is 22.4 Å². The van der Waals surface area contributed by atoms with Gasteiger partial charge in [-0.1, -0.05) is 117 Å². The van der Waals surface area contributed by atoms with E-state index in [0.717, 1.165) is 41.4 Å². The third kappa shape index (κ3) is 5.29. The molecule has 2 heterocycles. The lowest BCUT2D eigenvalue weighted by molar-refractivity contribution is 0.632. The summed E-state index contributed by atoms with van der Waals surface area (Å²) in [5, 5.41) is 0. The summed E-state index contributed by atoms with van der Waals surface area (Å²) in [5.74, 6) is 0.520. The highest BCUT2D eigenvalue weighted by atomic mass is 79.9. The average Bonchev–Trinajstić information content (AvgIpc) is 3.57. The molecular formula is C32H20BBr2F2N3. The van der Waals surface area contributed by atoms with Crippen molar-refractivity contribution >= 4 is 62.2 Å². The van der Waals surface area contributed by atoms with E-state index in [-0.39, 0.29) is 5.82 Å². The van der Waals surface area contributed by atoms with Crippen LogP contribution in [0.1, 0.15) is 11.1 Å². The quantitative estimate of drug-likeness (QED) is 0.163. The Morgan fingerprint density at radius 2 is 1.20 bits per heavy atom. The first kappa shape index (κ1) is 26.4. The Labute approximate surface area is 248 Å². The number of halogens is 4. The van der Waals surface area contributed by atoms with Gasteiger partial charge in [-0.3, -0.25) is 8.63 Å². The van der Waals surface area contributed by atoms with Gasteiger partial charge < -0.3 is 4.48 Å². The second kappa shape index (κ2) is 11.3. The second-order valence-corrected chi connectivity index (χ2v) is 11.0. The van der Waals surface area contributed by atoms with E-state index >= 15 is 0 Å². The molecule has 0 saturated carbocycles. The Morgan fingerprint density at radius 1 is 0.650 bits per heavy atom. The van der Waals surface area contributed by atoms with Crippen LogP contribution in [0.4, 0.5) is 14.4 Å². The molecule has 1 aliphatic heterocycles. The number of rotatable bonds is 6. The van der Waals surface area contributed by atoms with E-state index in [1.54, 1.807) is 6.07 Å². The maximum atomic E-state index is 14.9. The van der Waals surface area contributed by atoms with E-state index in [9.17, 15) is 8.63 Å². The Hall–Kier alpha value is -3.88. The monoisotopic (exact) mass is 653 g/mol. The van der Waals surface area contributed by atoms with E-state index in [0.29, 0.717) is 22.7 Å². The predicted molar refractivity (Wildman–Crippen MR) is 169 cm³/mol. The van der Waals surface area contributed by atoms with Crippen molar-refractivity contribution in [2.24, 2.45) is 9.98 Å². The highest BCUT2D eigenvalue weighted by molar-refractivity contribution is 9.10. The number of aliphatic imine (C=N–C) groups is 2. The van der Waals surface area contributed by atoms with Gasteiger partial charge in [0, 0.05) is 31.3 Å². The standard InChI is InChI=1S/C32H20BBr2F2N3/c34-25-15-11-21(12-16-25)27-19-29(23-7-3-1-4-8-23)38-31(27)39-32-28(22-13-17-26(35)18-14-22)20-30(40(32)33(36)37)24-9-5-2-6-10-24/h1-20H/b39-31-. The second-order valence-electron chi connectivity index (χ2n) is 9.15. The molecule has 0 unspecified atom stereocenters. The molecule has 1 aromatic heterocycles. The van der Waals surface area contributed by atoms with Crippen LogP contribution in [-0.4, -0.2) is 23.4 Å². The lowest BCUT2D eigenvalue weighted by atomic mass is 10.0. The van der Waals surface area contributed by atoms with Gasteiger partial charge in [-0.2, -0.15) is 0 Å². The van der Waals surface area contributed by atoms with Gasteiger partial charge in [0.15, 0.2) is 5.84 Å². The largest absolute Gasteiger partial charge is 0.679 e. The van der Waals surface area contributed by atoms with Crippen LogP contribution in [0.2, 0.25) is 0 Å². The molecule has 0 bridgehead atoms. The third-order valence-corrected chi connectivity index (χ3v) is 7.67. The van der Waals surface area contributed by atoms with Gasteiger partial charge >= 0.3 is 7.40 Å². The Bertz CT molecular complexity index is 1760. The molecule has 3 nitrogen and oxygen atoms in total. The zero-order valence-electron chi connectivity index (χ0n) is 21.0. The molecule has 8 heteroatoms. The van der Waals surface area contributed by atoms with E-state index < -0.39 is 7.40 Å². The van der Waals surface area contributed by atoms with Gasteiger partial charge in [0.05, 0.1) is 5.71 Å². The number of hydrogen-bond donors (Lipinski definition) is 0. The van der Waals surface area contributed by atoms with Crippen LogP contribution in [0.25, 0.3) is 28.0 Å². The molecule has 40 heavy (non-hydrogen) atoms. The topological polar surface area (TPSA) is 29.6 Å². The maximum absolute atomic E-state index is 14.9. The van der Waals surface area contributed by atoms with Crippen LogP contribution in [-0.2, 0) is 0 Å². The van der Waals surface area contributed by atoms with E-state index in [2.05, 4.69) is 31.9 Å². The summed E-state index contributed by atoms with van der Waals surface area (Å²) < 4.78 is 32.6. The number of amidine groups is 1. The summed E-state index contributed by atoms with van der Waals surface area (Å²) in [7, 11) is -2.82. The molecule has 1 aliphatic rings. The highest BCUT2D eigenvalue weighted by Gasteiger charge is 2.29. The fourth-order valence-corrected chi connectivity index (χ4v) is 5.22. The summed E-state index contributed by atoms with van der Waals surface area (Å²) in [5.41, 5.74) is 5.72. The van der Waals surface area contributed by atoms with E-state index in [4.69, 9.17) is 9.98 Å². The smallest absolute Gasteiger partial charge is 0.309 e. The van der Waals surface area contributed by atoms with Crippen molar-refractivity contribution in [3.05, 3.63) is 141 Å². The number of benzene rings is 4. The zero-order valence-corrected chi connectivity index (χ0v) is 24.1. The SMILES string of the molecule is FB(F)n1c(-c2ccccc2)cc(-c2ccc(Br)cc2)c1/N=C1\N=C(c2ccccc2)C=C1c1ccc(Br)cc1. The van der Waals surface area contributed by atoms with Crippen LogP contribution in [0, 0.1) is 0 Å². The minimum Gasteiger partial charge on any atom is -0.309 e. The van der Waals surface area contributed by atoms with Crippen LogP contribution < -0.4 is 0 Å². The minimum absolute atomic E-state index is 0.146. The number of nitrogens with zero attached hydrogens (tertiary/aromatic N) is 3. The van der Waals surface area contributed by atoms with Gasteiger partial charge in [-0.05, 0) is 53.1 Å². The van der Waals surface area contributed by atoms with Gasteiger partial charge in [0.25, 0.3) is 0 Å². The lowest BCUT2D eigenvalue weighted by Gasteiger charge is -2.10. The molecule has 5 aromatic rings. The molecule has 0 N–H and O–H groups in total. The Morgan fingerprint density at radius 3 is 1.77 bits per heavy atom. The maximum Gasteiger partial charge on any atom is 0.679 e. The van der Waals surface area contributed by atoms with E-state index in [1.165, 1.54) is 0 Å². The summed E-state index contributed by atoms with van der Waals surface area (Å²) >= 11 is 6.97. The van der Waals surface area contributed by atoms with Crippen LogP contribution >= 0.6 is 31.9 Å². The molecule has 6 rings (SSSR count). The molecular weight excluding hydrogens is 635 g/mol. The fourth-order valence-electron chi connectivity index (χ4n) is 4.69. The average molecular weight is 655 g/mol. The molecule has 0 radical (unpaired) electrons. The minimum atomic E-state index is -2.82. The van der Waals surface area contributed by atoms with Gasteiger partial charge in [-0.25, -0.2) is 9.98 Å². The summed E-state index contributed by atoms with van der Waals surface area (Å²) in [4.78, 5) is 9.76. The first-order valence-electron chi connectivity index (χ1n) is 12.5. The number of hydrogen-bond acceptors (Lipinski definition) is 1. The number of aromatic nitrogens is 1. The molecule has 194 valence electrons. The predicted octanol–water partition coefficient (Wildman–Crippen LogP) is 9.74. The zero-order chi connectivity index (χ0) is 27.6. The first-order valence-corrected chi connectivity index (χ1v) is 14.1. The van der Waals surface area contributed by atoms with Crippen molar-refractivity contribution in [2.45, 2.75) is 0 Å². The summed E-state index contributed by atoms with van der Waals surface area (Å²) in [6.07, 6.45) is 1.96. The summed E-state index contributed by atoms with van der Waals surface area (Å²) in [6.45, 7) is 0. The lowest BCUT2D eigenvalue weighted by Crippen LogP contribution is -2.14. The molecule has 0 aliphatic carbocycles. The van der Waals surface area contributed by atoms with Gasteiger partial charge in [0.2, 0.25) is 0 Å². The summed E-state index contributed by atoms with van der Waals surface area (Å²) in [6, 6.07) is 36.1. The Balaban J connectivity index is 1.60. The molecule has 0 spiro atoms. The molecule has 0 fully saturated rings. The molecule has 4 aromatic carbocycles. The van der Waals surface area contributed by atoms with Crippen molar-refractivity contribution in [3.63, 3.8) is 0 Å². The Kier molecular flexibility index (Phi) is 7.45. The first-order chi connectivity index (χ1) is 19.5. The van der Waals surface area contributed by atoms with Crippen LogP contribution in [0.3, 0.4) is 0 Å². The number of allylic oxidation sites excluding steroid dienone is 1. The molecule has 0 amide bonds. The van der Waals surface area contributed by atoms with Crippen molar-refractivity contribution in [1.82, 2.24) is 4.48 Å². The molecule has 0 atom stereocenters. The third-order valence-electron chi connectivity index (χ3n) is 6.61. The van der Waals surface area contributed by atoms with Crippen LogP contribution in [0.15, 0.2) is 140 Å². The van der Waals surface area contributed by atoms with Crippen LogP contribution in [0.5, 0.6) is 0 Å². The van der Waals surface area contributed by atoms with Gasteiger partial charge in [0.1, 0.15) is 5.82 Å². The van der Waals surface area contributed by atoms with Crippen molar-refractivity contribution in [1.29, 1.82) is 0 Å². The highest BCUT2D eigenvalue weighted by Crippen LogP contribution is 2.40.